The summed E-state index contributed by atoms with van der Waals surface area (Å²) in [5.41, 5.74) is 1.54. The van der Waals surface area contributed by atoms with E-state index < -0.39 is 10.0 Å². The Balaban J connectivity index is 1.96. The molecule has 0 bridgehead atoms. The van der Waals surface area contributed by atoms with Crippen molar-refractivity contribution in [2.45, 2.75) is 18.8 Å². The lowest BCUT2D eigenvalue weighted by molar-refractivity contribution is 0.282. The van der Waals surface area contributed by atoms with Gasteiger partial charge in [-0.25, -0.2) is 12.7 Å². The van der Waals surface area contributed by atoms with Crippen LogP contribution in [0.15, 0.2) is 24.3 Å². The highest BCUT2D eigenvalue weighted by molar-refractivity contribution is 7.88. The minimum atomic E-state index is -3.29. The molecule has 6 heteroatoms. The van der Waals surface area contributed by atoms with Gasteiger partial charge in [0.25, 0.3) is 0 Å². The van der Waals surface area contributed by atoms with Crippen LogP contribution in [0.5, 0.6) is 0 Å². The predicted octanol–water partition coefficient (Wildman–Crippen LogP) is 0.892. The predicted molar refractivity (Wildman–Crippen MR) is 83.2 cm³/mol. The van der Waals surface area contributed by atoms with E-state index >= 15 is 0 Å². The molecule has 0 radical (unpaired) electrons. The van der Waals surface area contributed by atoms with Crippen LogP contribution in [0.25, 0.3) is 0 Å². The van der Waals surface area contributed by atoms with Gasteiger partial charge in [0, 0.05) is 20.1 Å². The molecule has 1 aromatic rings. The molecule has 1 fully saturated rings. The summed E-state index contributed by atoms with van der Waals surface area (Å²) < 4.78 is 26.3. The van der Waals surface area contributed by atoms with E-state index in [9.17, 15) is 8.42 Å². The topological polar surface area (TPSA) is 60.9 Å². The zero-order chi connectivity index (χ0) is 15.5. The van der Waals surface area contributed by atoms with E-state index in [4.69, 9.17) is 5.11 Å². The van der Waals surface area contributed by atoms with Gasteiger partial charge < -0.3 is 10.0 Å². The first kappa shape index (κ1) is 16.4. The molecule has 0 amide bonds. The van der Waals surface area contributed by atoms with Gasteiger partial charge in [0.2, 0.25) is 10.0 Å². The van der Waals surface area contributed by atoms with Gasteiger partial charge in [0.05, 0.1) is 12.4 Å². The van der Waals surface area contributed by atoms with E-state index in [1.165, 1.54) is 4.31 Å². The Hall–Kier alpha value is -0.950. The normalized spacial score (nSPS) is 20.3. The van der Waals surface area contributed by atoms with Gasteiger partial charge in [0.1, 0.15) is 0 Å². The molecule has 1 heterocycles. The number of rotatable bonds is 6. The Morgan fingerprint density at radius 2 is 1.90 bits per heavy atom. The Morgan fingerprint density at radius 1 is 1.29 bits per heavy atom. The van der Waals surface area contributed by atoms with E-state index in [1.807, 2.05) is 0 Å². The second kappa shape index (κ2) is 6.87. The molecule has 5 nitrogen and oxygen atoms in total. The maximum atomic E-state index is 12.4. The molecule has 1 N–H and O–H groups in total. The summed E-state index contributed by atoms with van der Waals surface area (Å²) in [7, 11) is 0.444. The average molecular weight is 312 g/mol. The summed E-state index contributed by atoms with van der Waals surface area (Å²) in [5, 5.41) is 9.00. The number of hydrogen-bond donors (Lipinski definition) is 1. The molecular weight excluding hydrogens is 288 g/mol. The van der Waals surface area contributed by atoms with E-state index in [2.05, 4.69) is 11.9 Å². The molecule has 0 saturated carbocycles. The lowest BCUT2D eigenvalue weighted by Crippen LogP contribution is -2.33. The van der Waals surface area contributed by atoms with Crippen LogP contribution in [0, 0.1) is 5.92 Å². The van der Waals surface area contributed by atoms with Gasteiger partial charge in [0.15, 0.2) is 0 Å². The van der Waals surface area contributed by atoms with Crippen LogP contribution >= 0.6 is 0 Å². The molecule has 1 atom stereocenters. The average Bonchev–Trinajstić information content (AvgIpc) is 2.84. The zero-order valence-corrected chi connectivity index (χ0v) is 13.5. The molecule has 0 aromatic heterocycles. The van der Waals surface area contributed by atoms with Gasteiger partial charge in [-0.05, 0) is 37.1 Å². The van der Waals surface area contributed by atoms with Crippen molar-refractivity contribution in [2.24, 2.45) is 5.92 Å². The summed E-state index contributed by atoms with van der Waals surface area (Å²) >= 11 is 0. The third-order valence-electron chi connectivity index (χ3n) is 4.03. The minimum absolute atomic E-state index is 0.0117. The number of sulfonamides is 1. The third-order valence-corrected chi connectivity index (χ3v) is 5.83. The number of nitrogens with zero attached hydrogens (tertiary/aromatic N) is 2. The van der Waals surface area contributed by atoms with Crippen molar-refractivity contribution in [1.82, 2.24) is 9.21 Å². The standard InChI is InChI=1S/C15H24N2O3S/c1-16-8-7-15(9-16)10-17(2)21(19,20)12-14-5-3-13(11-18)4-6-14/h3-6,15,18H,7-12H2,1-2H3. The molecule has 1 unspecified atom stereocenters. The molecule has 21 heavy (non-hydrogen) atoms. The van der Waals surface area contributed by atoms with Gasteiger partial charge in [-0.3, -0.25) is 0 Å². The van der Waals surface area contributed by atoms with Crippen LogP contribution in [0.4, 0.5) is 0 Å². The molecule has 1 aliphatic heterocycles. The number of aliphatic hydroxyl groups excluding tert-OH is 1. The molecule has 1 aromatic carbocycles. The van der Waals surface area contributed by atoms with Crippen LogP contribution in [-0.2, 0) is 22.4 Å². The van der Waals surface area contributed by atoms with E-state index in [1.54, 1.807) is 31.3 Å². The van der Waals surface area contributed by atoms with Gasteiger partial charge in [-0.1, -0.05) is 24.3 Å². The Morgan fingerprint density at radius 3 is 2.43 bits per heavy atom. The fourth-order valence-corrected chi connectivity index (χ4v) is 3.99. The molecule has 2 rings (SSSR count). The first-order chi connectivity index (χ1) is 9.90. The van der Waals surface area contributed by atoms with Crippen molar-refractivity contribution in [2.75, 3.05) is 33.7 Å². The molecule has 1 aliphatic rings. The van der Waals surface area contributed by atoms with Gasteiger partial charge in [-0.2, -0.15) is 0 Å². The third kappa shape index (κ3) is 4.51. The molecule has 118 valence electrons. The van der Waals surface area contributed by atoms with Crippen molar-refractivity contribution in [3.05, 3.63) is 35.4 Å². The van der Waals surface area contributed by atoms with Crippen molar-refractivity contribution in [3.8, 4) is 0 Å². The van der Waals surface area contributed by atoms with Crippen LogP contribution in [0.3, 0.4) is 0 Å². The van der Waals surface area contributed by atoms with Gasteiger partial charge in [-0.15, -0.1) is 0 Å². The number of aliphatic hydroxyl groups is 1. The fourth-order valence-electron chi connectivity index (χ4n) is 2.71. The van der Waals surface area contributed by atoms with E-state index in [-0.39, 0.29) is 12.4 Å². The zero-order valence-electron chi connectivity index (χ0n) is 12.7. The van der Waals surface area contributed by atoms with Crippen LogP contribution in [0.1, 0.15) is 17.5 Å². The quantitative estimate of drug-likeness (QED) is 0.847. The van der Waals surface area contributed by atoms with Crippen LogP contribution < -0.4 is 0 Å². The summed E-state index contributed by atoms with van der Waals surface area (Å²) in [6, 6.07) is 7.05. The monoisotopic (exact) mass is 312 g/mol. The Labute approximate surface area is 127 Å². The largest absolute Gasteiger partial charge is 0.392 e. The minimum Gasteiger partial charge on any atom is -0.392 e. The maximum Gasteiger partial charge on any atom is 0.218 e. The van der Waals surface area contributed by atoms with Crippen molar-refractivity contribution >= 4 is 10.0 Å². The highest BCUT2D eigenvalue weighted by Crippen LogP contribution is 2.18. The highest BCUT2D eigenvalue weighted by Gasteiger charge is 2.26. The van der Waals surface area contributed by atoms with Crippen LogP contribution in [0.2, 0.25) is 0 Å². The number of benzene rings is 1. The number of likely N-dealkylation sites (tertiary alicyclic amines) is 1. The van der Waals surface area contributed by atoms with Crippen molar-refractivity contribution in [1.29, 1.82) is 0 Å². The fraction of sp³-hybridized carbons (Fsp3) is 0.600. The second-order valence-corrected chi connectivity index (χ2v) is 8.00. The molecule has 0 aliphatic carbocycles. The maximum absolute atomic E-state index is 12.4. The molecule has 0 spiro atoms. The van der Waals surface area contributed by atoms with Gasteiger partial charge >= 0.3 is 0 Å². The van der Waals surface area contributed by atoms with Crippen molar-refractivity contribution < 1.29 is 13.5 Å². The lowest BCUT2D eigenvalue weighted by atomic mass is 10.1. The Bertz CT molecular complexity index is 557. The summed E-state index contributed by atoms with van der Waals surface area (Å²) in [6.07, 6.45) is 1.06. The van der Waals surface area contributed by atoms with E-state index in [0.717, 1.165) is 30.6 Å². The van der Waals surface area contributed by atoms with Crippen molar-refractivity contribution in [3.63, 3.8) is 0 Å². The highest BCUT2D eigenvalue weighted by atomic mass is 32.2. The number of hydrogen-bond acceptors (Lipinski definition) is 4. The second-order valence-electron chi connectivity index (χ2n) is 5.93. The summed E-state index contributed by atoms with van der Waals surface area (Å²) in [4.78, 5) is 2.23. The SMILES string of the molecule is CN1CCC(CN(C)S(=O)(=O)Cc2ccc(CO)cc2)C1. The molecular formula is C15H24N2O3S. The first-order valence-corrected chi connectivity index (χ1v) is 8.83. The first-order valence-electron chi connectivity index (χ1n) is 7.22. The lowest BCUT2D eigenvalue weighted by Gasteiger charge is -2.21. The smallest absolute Gasteiger partial charge is 0.218 e. The van der Waals surface area contributed by atoms with E-state index in [0.29, 0.717) is 12.5 Å². The Kier molecular flexibility index (Phi) is 5.37. The van der Waals surface area contributed by atoms with Crippen LogP contribution in [-0.4, -0.2) is 56.5 Å². The molecule has 1 saturated heterocycles. The summed E-state index contributed by atoms with van der Waals surface area (Å²) in [6.45, 7) is 2.57. The summed E-state index contributed by atoms with van der Waals surface area (Å²) in [5.74, 6) is 0.434.